The number of thioether (sulfide) groups is 2. The Morgan fingerprint density at radius 2 is 1.93 bits per heavy atom. The Balaban J connectivity index is 1.48. The number of ether oxygens (including phenoxy) is 1. The van der Waals surface area contributed by atoms with Crippen LogP contribution in [0.15, 0.2) is 53.5 Å². The van der Waals surface area contributed by atoms with E-state index in [1.807, 2.05) is 42.5 Å². The van der Waals surface area contributed by atoms with Gasteiger partial charge in [-0.05, 0) is 23.8 Å². The van der Waals surface area contributed by atoms with Gasteiger partial charge in [0, 0.05) is 5.75 Å². The number of nitrogens with one attached hydrogen (secondary N) is 1. The van der Waals surface area contributed by atoms with Gasteiger partial charge in [-0.2, -0.15) is 15.0 Å². The molecule has 28 heavy (non-hydrogen) atoms. The normalized spacial score (nSPS) is 12.8. The fourth-order valence-corrected chi connectivity index (χ4v) is 4.56. The van der Waals surface area contributed by atoms with Gasteiger partial charge >= 0.3 is 0 Å². The number of hydrogen-bond acceptors (Lipinski definition) is 9. The molecule has 0 atom stereocenters. The summed E-state index contributed by atoms with van der Waals surface area (Å²) in [6.07, 6.45) is 0. The van der Waals surface area contributed by atoms with Crippen molar-refractivity contribution in [1.82, 2.24) is 15.0 Å². The molecule has 0 fully saturated rings. The third-order valence-corrected chi connectivity index (χ3v) is 6.17. The summed E-state index contributed by atoms with van der Waals surface area (Å²) in [4.78, 5) is 17.6. The van der Waals surface area contributed by atoms with E-state index in [0.717, 1.165) is 21.5 Å². The molecule has 0 aliphatic carbocycles. The fraction of sp³-hybridized carbons (Fsp3) is 0.158. The van der Waals surface area contributed by atoms with Crippen LogP contribution in [-0.4, -0.2) is 26.4 Å². The number of aliphatic imine (C=N–C) groups is 1. The monoisotopic (exact) mass is 410 g/mol. The lowest BCUT2D eigenvalue weighted by Gasteiger charge is -2.14. The van der Waals surface area contributed by atoms with Crippen molar-refractivity contribution in [3.63, 3.8) is 0 Å². The van der Waals surface area contributed by atoms with Gasteiger partial charge in [0.1, 0.15) is 15.9 Å². The molecule has 7 nitrogen and oxygen atoms in total. The zero-order valence-electron chi connectivity index (χ0n) is 15.1. The van der Waals surface area contributed by atoms with Crippen LogP contribution in [-0.2, 0) is 11.5 Å². The highest BCUT2D eigenvalue weighted by Crippen LogP contribution is 2.35. The molecule has 0 saturated heterocycles. The van der Waals surface area contributed by atoms with Gasteiger partial charge in [-0.15, -0.1) is 0 Å². The third-order valence-electron chi connectivity index (χ3n) is 3.93. The standard InChI is InChI=1S/C19H18N6OS2/c1-26-15-9-5-4-8-14(15)21-18-24-16(23-17(20)25-18)11-28-19-22-13-7-3-2-6-12(13)10-27-19/h2-9H,10-11H2,1H3,(H3,20,21,23,24,25). The van der Waals surface area contributed by atoms with E-state index >= 15 is 0 Å². The maximum atomic E-state index is 5.88. The van der Waals surface area contributed by atoms with Gasteiger partial charge in [-0.3, -0.25) is 0 Å². The number of para-hydroxylation sites is 3. The Labute approximate surface area is 171 Å². The molecule has 0 unspecified atom stereocenters. The highest BCUT2D eigenvalue weighted by Gasteiger charge is 2.14. The second-order valence-electron chi connectivity index (χ2n) is 5.84. The lowest BCUT2D eigenvalue weighted by atomic mass is 10.2. The molecular formula is C19H18N6OS2. The number of nitrogens with zero attached hydrogens (tertiary/aromatic N) is 4. The van der Waals surface area contributed by atoms with Crippen molar-refractivity contribution in [3.05, 3.63) is 59.9 Å². The van der Waals surface area contributed by atoms with Crippen molar-refractivity contribution in [2.45, 2.75) is 11.5 Å². The fourth-order valence-electron chi connectivity index (χ4n) is 2.64. The van der Waals surface area contributed by atoms with Crippen LogP contribution in [0, 0.1) is 0 Å². The van der Waals surface area contributed by atoms with Crippen LogP contribution in [0.4, 0.5) is 23.3 Å². The highest BCUT2D eigenvalue weighted by atomic mass is 32.2. The van der Waals surface area contributed by atoms with Crippen LogP contribution >= 0.6 is 23.5 Å². The van der Waals surface area contributed by atoms with Gasteiger partial charge < -0.3 is 15.8 Å². The first-order valence-corrected chi connectivity index (χ1v) is 10.5. The molecule has 2 aromatic carbocycles. The second-order valence-corrected chi connectivity index (χ2v) is 8.03. The van der Waals surface area contributed by atoms with Crippen molar-refractivity contribution >= 4 is 51.2 Å². The topological polar surface area (TPSA) is 98.3 Å². The number of nitrogens with two attached hydrogens (primary N) is 1. The Morgan fingerprint density at radius 1 is 1.11 bits per heavy atom. The summed E-state index contributed by atoms with van der Waals surface area (Å²) in [5, 5.41) is 3.14. The summed E-state index contributed by atoms with van der Waals surface area (Å²) in [6.45, 7) is 0. The number of nitrogen functional groups attached to an aromatic ring is 1. The Hall–Kier alpha value is -2.78. The predicted molar refractivity (Wildman–Crippen MR) is 117 cm³/mol. The highest BCUT2D eigenvalue weighted by molar-refractivity contribution is 8.38. The Morgan fingerprint density at radius 3 is 2.82 bits per heavy atom. The smallest absolute Gasteiger partial charge is 0.232 e. The maximum absolute atomic E-state index is 5.88. The average Bonchev–Trinajstić information content (AvgIpc) is 2.72. The van der Waals surface area contributed by atoms with E-state index in [-0.39, 0.29) is 5.95 Å². The average molecular weight is 411 g/mol. The van der Waals surface area contributed by atoms with E-state index in [4.69, 9.17) is 15.5 Å². The molecule has 2 heterocycles. The van der Waals surface area contributed by atoms with Crippen LogP contribution in [0.3, 0.4) is 0 Å². The van der Waals surface area contributed by atoms with Crippen LogP contribution in [0.2, 0.25) is 0 Å². The SMILES string of the molecule is COc1ccccc1Nc1nc(N)nc(CSC2=Nc3ccccc3CS2)n1. The van der Waals surface area contributed by atoms with Crippen molar-refractivity contribution in [2.24, 2.45) is 4.99 Å². The van der Waals surface area contributed by atoms with Crippen molar-refractivity contribution in [3.8, 4) is 5.75 Å². The molecule has 1 aromatic heterocycles. The minimum Gasteiger partial charge on any atom is -0.495 e. The van der Waals surface area contributed by atoms with Crippen LogP contribution in [0.25, 0.3) is 0 Å². The van der Waals surface area contributed by atoms with Crippen LogP contribution < -0.4 is 15.8 Å². The van der Waals surface area contributed by atoms with Gasteiger partial charge in [0.05, 0.1) is 24.2 Å². The minimum atomic E-state index is 0.173. The molecular weight excluding hydrogens is 392 g/mol. The summed E-state index contributed by atoms with van der Waals surface area (Å²) < 4.78 is 6.34. The molecule has 9 heteroatoms. The molecule has 142 valence electrons. The third kappa shape index (κ3) is 4.37. The molecule has 3 aromatic rings. The number of fused-ring (bicyclic) bond motifs is 1. The van der Waals surface area contributed by atoms with Gasteiger partial charge in [0.2, 0.25) is 11.9 Å². The minimum absolute atomic E-state index is 0.173. The summed E-state index contributed by atoms with van der Waals surface area (Å²) >= 11 is 3.32. The lowest BCUT2D eigenvalue weighted by Crippen LogP contribution is -2.07. The molecule has 1 aliphatic heterocycles. The number of benzene rings is 2. The summed E-state index contributed by atoms with van der Waals surface area (Å²) in [7, 11) is 1.62. The molecule has 0 saturated carbocycles. The molecule has 0 radical (unpaired) electrons. The summed E-state index contributed by atoms with van der Waals surface area (Å²) in [5.41, 5.74) is 8.92. The van der Waals surface area contributed by atoms with E-state index in [1.165, 1.54) is 5.56 Å². The molecule has 4 rings (SSSR count). The van der Waals surface area contributed by atoms with E-state index < -0.39 is 0 Å². The summed E-state index contributed by atoms with van der Waals surface area (Å²) in [5.74, 6) is 3.33. The van der Waals surface area contributed by atoms with Gasteiger partial charge in [-0.1, -0.05) is 53.9 Å². The lowest BCUT2D eigenvalue weighted by molar-refractivity contribution is 0.417. The van der Waals surface area contributed by atoms with Crippen molar-refractivity contribution < 1.29 is 4.74 Å². The molecule has 0 amide bonds. The number of methoxy groups -OCH3 is 1. The first kappa shape index (κ1) is 18.6. The maximum Gasteiger partial charge on any atom is 0.232 e. The second kappa shape index (κ2) is 8.49. The first-order chi connectivity index (χ1) is 13.7. The molecule has 3 N–H and O–H groups in total. The molecule has 0 bridgehead atoms. The largest absolute Gasteiger partial charge is 0.495 e. The van der Waals surface area contributed by atoms with Gasteiger partial charge in [0.15, 0.2) is 0 Å². The van der Waals surface area contributed by atoms with Gasteiger partial charge in [-0.25, -0.2) is 4.99 Å². The van der Waals surface area contributed by atoms with E-state index in [2.05, 4.69) is 26.3 Å². The van der Waals surface area contributed by atoms with Crippen LogP contribution in [0.1, 0.15) is 11.4 Å². The molecule has 0 spiro atoms. The van der Waals surface area contributed by atoms with E-state index in [9.17, 15) is 0 Å². The quantitative estimate of drug-likeness (QED) is 0.640. The number of rotatable bonds is 5. The van der Waals surface area contributed by atoms with Gasteiger partial charge in [0.25, 0.3) is 0 Å². The molecule has 1 aliphatic rings. The zero-order valence-corrected chi connectivity index (χ0v) is 16.8. The zero-order chi connectivity index (χ0) is 19.3. The summed E-state index contributed by atoms with van der Waals surface area (Å²) in [6, 6.07) is 15.7. The number of anilines is 3. The number of hydrogen-bond donors (Lipinski definition) is 2. The number of aromatic nitrogens is 3. The van der Waals surface area contributed by atoms with Crippen molar-refractivity contribution in [2.75, 3.05) is 18.2 Å². The van der Waals surface area contributed by atoms with Crippen molar-refractivity contribution in [1.29, 1.82) is 0 Å². The van der Waals surface area contributed by atoms with Crippen LogP contribution in [0.5, 0.6) is 5.75 Å². The Bertz CT molecular complexity index is 1030. The van der Waals surface area contributed by atoms with E-state index in [1.54, 1.807) is 30.6 Å². The van der Waals surface area contributed by atoms with E-state index in [0.29, 0.717) is 23.3 Å². The Kier molecular flexibility index (Phi) is 5.63. The first-order valence-electron chi connectivity index (χ1n) is 8.54. The predicted octanol–water partition coefficient (Wildman–Crippen LogP) is 4.37.